The molecule has 16 heavy (non-hydrogen) atoms. The maximum Gasteiger partial charge on any atom is 0.103 e. The van der Waals surface area contributed by atoms with Gasteiger partial charge in [0, 0.05) is 13.6 Å². The number of rotatable bonds is 3. The Hall–Kier alpha value is -1.33. The first kappa shape index (κ1) is 11.2. The summed E-state index contributed by atoms with van der Waals surface area (Å²) in [4.78, 5) is 4.43. The van der Waals surface area contributed by atoms with Crippen LogP contribution in [0.5, 0.6) is 0 Å². The van der Waals surface area contributed by atoms with E-state index in [2.05, 4.69) is 10.1 Å². The van der Waals surface area contributed by atoms with E-state index in [0.717, 1.165) is 21.4 Å². The largest absolute Gasteiger partial charge is 0.325 e. The molecule has 0 amide bonds. The Kier molecular flexibility index (Phi) is 3.26. The minimum absolute atomic E-state index is 0.471. The standard InChI is InChI=1S/C11H14N4S/c1-8-6-11(15(2)14-8)16-10-5-3-4-9(7-12)13-10/h3-6H,7,12H2,1-2H3. The lowest BCUT2D eigenvalue weighted by Gasteiger charge is -2.02. The maximum absolute atomic E-state index is 5.56. The second-order valence-electron chi connectivity index (χ2n) is 3.52. The van der Waals surface area contributed by atoms with Crippen LogP contribution < -0.4 is 5.73 Å². The van der Waals surface area contributed by atoms with E-state index in [0.29, 0.717) is 6.54 Å². The highest BCUT2D eigenvalue weighted by atomic mass is 32.2. The van der Waals surface area contributed by atoms with Crippen molar-refractivity contribution in [3.63, 3.8) is 0 Å². The van der Waals surface area contributed by atoms with Gasteiger partial charge < -0.3 is 5.73 Å². The molecule has 2 N–H and O–H groups in total. The summed E-state index contributed by atoms with van der Waals surface area (Å²) >= 11 is 1.60. The lowest BCUT2D eigenvalue weighted by atomic mass is 10.4. The van der Waals surface area contributed by atoms with Crippen LogP contribution in [0.1, 0.15) is 11.4 Å². The van der Waals surface area contributed by atoms with Gasteiger partial charge in [0.2, 0.25) is 0 Å². The summed E-state index contributed by atoms with van der Waals surface area (Å²) in [5.41, 5.74) is 7.48. The van der Waals surface area contributed by atoms with Crippen molar-refractivity contribution < 1.29 is 0 Å². The number of hydrogen-bond donors (Lipinski definition) is 1. The number of aryl methyl sites for hydroxylation is 2. The predicted octanol–water partition coefficient (Wildman–Crippen LogP) is 1.73. The first-order chi connectivity index (χ1) is 7.69. The van der Waals surface area contributed by atoms with E-state index in [1.165, 1.54) is 0 Å². The third kappa shape index (κ3) is 2.43. The molecule has 2 aromatic heterocycles. The summed E-state index contributed by atoms with van der Waals surface area (Å²) in [6.45, 7) is 2.45. The molecule has 0 spiro atoms. The summed E-state index contributed by atoms with van der Waals surface area (Å²) in [6, 6.07) is 7.92. The van der Waals surface area contributed by atoms with Crippen LogP contribution in [0.15, 0.2) is 34.3 Å². The van der Waals surface area contributed by atoms with Crippen molar-refractivity contribution in [2.75, 3.05) is 0 Å². The number of aromatic nitrogens is 3. The van der Waals surface area contributed by atoms with Gasteiger partial charge in [-0.3, -0.25) is 4.68 Å². The molecule has 0 aromatic carbocycles. The van der Waals surface area contributed by atoms with Crippen molar-refractivity contribution in [1.29, 1.82) is 0 Å². The van der Waals surface area contributed by atoms with Crippen LogP contribution in [0, 0.1) is 6.92 Å². The lowest BCUT2D eigenvalue weighted by Crippen LogP contribution is -1.99. The number of nitrogens with two attached hydrogens (primary N) is 1. The van der Waals surface area contributed by atoms with Crippen LogP contribution in [0.25, 0.3) is 0 Å². The van der Waals surface area contributed by atoms with Crippen LogP contribution in [0.4, 0.5) is 0 Å². The Bertz CT molecular complexity index is 492. The predicted molar refractivity (Wildman–Crippen MR) is 64.2 cm³/mol. The van der Waals surface area contributed by atoms with Crippen molar-refractivity contribution in [1.82, 2.24) is 14.8 Å². The van der Waals surface area contributed by atoms with Gasteiger partial charge in [0.25, 0.3) is 0 Å². The second kappa shape index (κ2) is 4.67. The highest BCUT2D eigenvalue weighted by Gasteiger charge is 2.05. The Morgan fingerprint density at radius 2 is 2.25 bits per heavy atom. The van der Waals surface area contributed by atoms with Gasteiger partial charge in [0.1, 0.15) is 10.1 Å². The average molecular weight is 234 g/mol. The van der Waals surface area contributed by atoms with Gasteiger partial charge in [0.15, 0.2) is 0 Å². The lowest BCUT2D eigenvalue weighted by molar-refractivity contribution is 0.692. The van der Waals surface area contributed by atoms with Gasteiger partial charge in [-0.1, -0.05) is 17.8 Å². The Morgan fingerprint density at radius 1 is 1.44 bits per heavy atom. The van der Waals surface area contributed by atoms with E-state index in [-0.39, 0.29) is 0 Å². The molecule has 2 rings (SSSR count). The molecular weight excluding hydrogens is 220 g/mol. The first-order valence-corrected chi connectivity index (χ1v) is 5.85. The monoisotopic (exact) mass is 234 g/mol. The molecule has 0 aliphatic rings. The number of nitrogens with zero attached hydrogens (tertiary/aromatic N) is 3. The average Bonchev–Trinajstić information content (AvgIpc) is 2.58. The molecule has 5 heteroatoms. The quantitative estimate of drug-likeness (QED) is 0.878. The van der Waals surface area contributed by atoms with Crippen LogP contribution in [0.3, 0.4) is 0 Å². The topological polar surface area (TPSA) is 56.7 Å². The van der Waals surface area contributed by atoms with Crippen molar-refractivity contribution in [2.24, 2.45) is 12.8 Å². The third-order valence-electron chi connectivity index (χ3n) is 2.16. The van der Waals surface area contributed by atoms with Gasteiger partial charge >= 0.3 is 0 Å². The number of pyridine rings is 1. The van der Waals surface area contributed by atoms with Gasteiger partial charge in [-0.2, -0.15) is 5.10 Å². The van der Waals surface area contributed by atoms with Crippen LogP contribution in [-0.4, -0.2) is 14.8 Å². The van der Waals surface area contributed by atoms with E-state index in [4.69, 9.17) is 5.73 Å². The van der Waals surface area contributed by atoms with Gasteiger partial charge in [-0.05, 0) is 25.1 Å². The zero-order valence-corrected chi connectivity index (χ0v) is 10.2. The van der Waals surface area contributed by atoms with E-state index < -0.39 is 0 Å². The molecule has 0 atom stereocenters. The van der Waals surface area contributed by atoms with E-state index in [9.17, 15) is 0 Å². The van der Waals surface area contributed by atoms with Crippen LogP contribution >= 0.6 is 11.8 Å². The third-order valence-corrected chi connectivity index (χ3v) is 3.19. The van der Waals surface area contributed by atoms with Gasteiger partial charge in [-0.15, -0.1) is 0 Å². The Labute approximate surface area is 98.9 Å². The SMILES string of the molecule is Cc1cc(Sc2cccc(CN)n2)n(C)n1. The van der Waals surface area contributed by atoms with Gasteiger partial charge in [0.05, 0.1) is 11.4 Å². The maximum atomic E-state index is 5.56. The molecule has 84 valence electrons. The smallest absolute Gasteiger partial charge is 0.103 e. The summed E-state index contributed by atoms with van der Waals surface area (Å²) < 4.78 is 1.86. The van der Waals surface area contributed by atoms with E-state index >= 15 is 0 Å². The highest BCUT2D eigenvalue weighted by Crippen LogP contribution is 2.25. The Morgan fingerprint density at radius 3 is 2.88 bits per heavy atom. The molecule has 0 radical (unpaired) electrons. The molecule has 0 aliphatic carbocycles. The fraction of sp³-hybridized carbons (Fsp3) is 0.273. The summed E-state index contributed by atoms with van der Waals surface area (Å²) in [5.74, 6) is 0. The summed E-state index contributed by atoms with van der Waals surface area (Å²) in [7, 11) is 1.93. The normalized spacial score (nSPS) is 10.7. The minimum atomic E-state index is 0.471. The molecular formula is C11H14N4S. The second-order valence-corrected chi connectivity index (χ2v) is 4.56. The van der Waals surface area contributed by atoms with Crippen molar-refractivity contribution >= 4 is 11.8 Å². The van der Waals surface area contributed by atoms with Gasteiger partial charge in [-0.25, -0.2) is 4.98 Å². The van der Waals surface area contributed by atoms with Crippen molar-refractivity contribution in [3.8, 4) is 0 Å². The molecule has 0 bridgehead atoms. The number of hydrogen-bond acceptors (Lipinski definition) is 4. The summed E-state index contributed by atoms with van der Waals surface area (Å²) in [5, 5.41) is 6.33. The molecule has 0 unspecified atom stereocenters. The van der Waals surface area contributed by atoms with E-state index in [1.54, 1.807) is 11.8 Å². The van der Waals surface area contributed by atoms with E-state index in [1.807, 2.05) is 42.9 Å². The fourth-order valence-electron chi connectivity index (χ4n) is 1.42. The Balaban J connectivity index is 2.23. The minimum Gasteiger partial charge on any atom is -0.325 e. The highest BCUT2D eigenvalue weighted by molar-refractivity contribution is 7.99. The van der Waals surface area contributed by atoms with Crippen molar-refractivity contribution in [3.05, 3.63) is 35.7 Å². The molecule has 0 saturated carbocycles. The zero-order chi connectivity index (χ0) is 11.5. The van der Waals surface area contributed by atoms with Crippen LogP contribution in [0.2, 0.25) is 0 Å². The van der Waals surface area contributed by atoms with Crippen molar-refractivity contribution in [2.45, 2.75) is 23.5 Å². The summed E-state index contributed by atoms with van der Waals surface area (Å²) in [6.07, 6.45) is 0. The molecule has 0 aliphatic heterocycles. The van der Waals surface area contributed by atoms with Crippen LogP contribution in [-0.2, 0) is 13.6 Å². The zero-order valence-electron chi connectivity index (χ0n) is 9.34. The molecule has 2 heterocycles. The molecule has 2 aromatic rings. The fourth-order valence-corrected chi connectivity index (χ4v) is 2.34. The molecule has 0 saturated heterocycles. The molecule has 0 fully saturated rings. The first-order valence-electron chi connectivity index (χ1n) is 5.03. The molecule has 4 nitrogen and oxygen atoms in total.